The molecule has 2 amide bonds. The Morgan fingerprint density at radius 3 is 2.95 bits per heavy atom. The molecule has 0 radical (unpaired) electrons. The molecule has 1 atom stereocenters. The maximum absolute atomic E-state index is 12.4. The van der Waals surface area contributed by atoms with Crippen LogP contribution in [0.25, 0.3) is 0 Å². The van der Waals surface area contributed by atoms with Crippen LogP contribution in [0.4, 0.5) is 4.79 Å². The van der Waals surface area contributed by atoms with Crippen LogP contribution in [0.3, 0.4) is 0 Å². The lowest BCUT2D eigenvalue weighted by atomic mass is 10.3. The van der Waals surface area contributed by atoms with Crippen LogP contribution in [0.2, 0.25) is 0 Å². The van der Waals surface area contributed by atoms with Crippen molar-refractivity contribution in [3.05, 3.63) is 18.5 Å². The lowest BCUT2D eigenvalue weighted by molar-refractivity contribution is 0.149. The Morgan fingerprint density at radius 1 is 1.36 bits per heavy atom. The minimum absolute atomic E-state index is 0.0215. The molecule has 1 aliphatic rings. The number of aromatic nitrogens is 2. The Kier molecular flexibility index (Phi) is 6.67. The summed E-state index contributed by atoms with van der Waals surface area (Å²) >= 11 is 0. The smallest absolute Gasteiger partial charge is 0.317 e. The number of amides is 2. The van der Waals surface area contributed by atoms with Crippen LogP contribution in [-0.2, 0) is 11.3 Å². The zero-order valence-electron chi connectivity index (χ0n) is 13.6. The van der Waals surface area contributed by atoms with E-state index in [2.05, 4.69) is 15.3 Å². The molecule has 1 aromatic heterocycles. The second kappa shape index (κ2) is 8.75. The molecule has 1 aromatic rings. The molecule has 1 N–H and O–H groups in total. The van der Waals surface area contributed by atoms with Crippen molar-refractivity contribution < 1.29 is 9.53 Å². The van der Waals surface area contributed by atoms with Crippen molar-refractivity contribution in [1.82, 2.24) is 24.9 Å². The van der Waals surface area contributed by atoms with Gasteiger partial charge in [0.05, 0.1) is 13.2 Å². The Morgan fingerprint density at radius 2 is 2.23 bits per heavy atom. The zero-order chi connectivity index (χ0) is 15.8. The number of ether oxygens (including phenoxy) is 1. The number of rotatable bonds is 6. The molecule has 1 fully saturated rings. The van der Waals surface area contributed by atoms with Gasteiger partial charge in [0.25, 0.3) is 0 Å². The van der Waals surface area contributed by atoms with Gasteiger partial charge >= 0.3 is 6.03 Å². The van der Waals surface area contributed by atoms with Crippen molar-refractivity contribution in [3.63, 3.8) is 0 Å². The van der Waals surface area contributed by atoms with Crippen molar-refractivity contribution in [1.29, 1.82) is 0 Å². The molecule has 0 bridgehead atoms. The molecule has 1 saturated heterocycles. The lowest BCUT2D eigenvalue weighted by Gasteiger charge is -2.24. The summed E-state index contributed by atoms with van der Waals surface area (Å²) in [5.41, 5.74) is 0. The lowest BCUT2D eigenvalue weighted by Crippen LogP contribution is -2.46. The Hall–Kier alpha value is -1.60. The van der Waals surface area contributed by atoms with Crippen molar-refractivity contribution in [3.8, 4) is 0 Å². The fraction of sp³-hybridized carbons (Fsp3) is 0.733. The van der Waals surface area contributed by atoms with Gasteiger partial charge in [-0.3, -0.25) is 9.58 Å². The van der Waals surface area contributed by atoms with E-state index in [1.807, 2.05) is 28.8 Å². The monoisotopic (exact) mass is 309 g/mol. The Balaban J connectivity index is 1.74. The molecule has 124 valence electrons. The second-order valence-corrected chi connectivity index (χ2v) is 5.75. The summed E-state index contributed by atoms with van der Waals surface area (Å²) in [6.07, 6.45) is 4.66. The van der Waals surface area contributed by atoms with Crippen LogP contribution >= 0.6 is 0 Å². The van der Waals surface area contributed by atoms with E-state index in [4.69, 9.17) is 4.74 Å². The summed E-state index contributed by atoms with van der Waals surface area (Å²) in [7, 11) is 1.72. The third kappa shape index (κ3) is 5.31. The fourth-order valence-corrected chi connectivity index (χ4v) is 2.65. The van der Waals surface area contributed by atoms with Crippen molar-refractivity contribution in [2.45, 2.75) is 25.9 Å². The second-order valence-electron chi connectivity index (χ2n) is 5.75. The van der Waals surface area contributed by atoms with Gasteiger partial charge in [0.15, 0.2) is 0 Å². The van der Waals surface area contributed by atoms with Gasteiger partial charge in [-0.1, -0.05) is 0 Å². The molecule has 7 heteroatoms. The van der Waals surface area contributed by atoms with E-state index in [9.17, 15) is 4.79 Å². The Labute approximate surface area is 132 Å². The van der Waals surface area contributed by atoms with E-state index in [1.54, 1.807) is 13.3 Å². The van der Waals surface area contributed by atoms with Gasteiger partial charge in [-0.2, -0.15) is 5.10 Å². The molecule has 0 spiro atoms. The van der Waals surface area contributed by atoms with Crippen LogP contribution in [-0.4, -0.2) is 78.1 Å². The van der Waals surface area contributed by atoms with Gasteiger partial charge in [-0.25, -0.2) is 4.79 Å². The van der Waals surface area contributed by atoms with Gasteiger partial charge in [-0.15, -0.1) is 0 Å². The predicted molar refractivity (Wildman–Crippen MR) is 84.7 cm³/mol. The van der Waals surface area contributed by atoms with Crippen LogP contribution in [0.5, 0.6) is 0 Å². The average molecular weight is 309 g/mol. The first kappa shape index (κ1) is 16.8. The van der Waals surface area contributed by atoms with E-state index in [0.29, 0.717) is 6.54 Å². The predicted octanol–water partition coefficient (Wildman–Crippen LogP) is 0.635. The molecule has 0 saturated carbocycles. The molecule has 1 aliphatic heterocycles. The molecule has 0 unspecified atom stereocenters. The van der Waals surface area contributed by atoms with Crippen molar-refractivity contribution >= 4 is 6.03 Å². The van der Waals surface area contributed by atoms with Gasteiger partial charge < -0.3 is 15.0 Å². The van der Waals surface area contributed by atoms with Crippen molar-refractivity contribution in [2.24, 2.45) is 0 Å². The summed E-state index contributed by atoms with van der Waals surface area (Å²) in [6, 6.07) is 1.96. The molecule has 22 heavy (non-hydrogen) atoms. The molecule has 2 heterocycles. The molecule has 2 rings (SSSR count). The third-order valence-electron chi connectivity index (χ3n) is 3.88. The topological polar surface area (TPSA) is 62.6 Å². The largest absolute Gasteiger partial charge is 0.383 e. The number of urea groups is 1. The summed E-state index contributed by atoms with van der Waals surface area (Å²) in [4.78, 5) is 16.6. The number of carbonyl (C=O) groups is 1. The van der Waals surface area contributed by atoms with E-state index in [0.717, 1.165) is 45.8 Å². The summed E-state index contributed by atoms with van der Waals surface area (Å²) in [5, 5.41) is 7.22. The highest BCUT2D eigenvalue weighted by Crippen LogP contribution is 2.04. The summed E-state index contributed by atoms with van der Waals surface area (Å²) in [6.45, 7) is 7.87. The highest BCUT2D eigenvalue weighted by Gasteiger charge is 2.20. The van der Waals surface area contributed by atoms with Gasteiger partial charge in [0.1, 0.15) is 0 Å². The number of methoxy groups -OCH3 is 1. The van der Waals surface area contributed by atoms with E-state index >= 15 is 0 Å². The van der Waals surface area contributed by atoms with E-state index in [1.165, 1.54) is 0 Å². The zero-order valence-corrected chi connectivity index (χ0v) is 13.6. The van der Waals surface area contributed by atoms with Crippen LogP contribution in [0, 0.1) is 0 Å². The molecule has 7 nitrogen and oxygen atoms in total. The summed E-state index contributed by atoms with van der Waals surface area (Å²) < 4.78 is 6.95. The van der Waals surface area contributed by atoms with Gasteiger partial charge in [-0.05, 0) is 26.0 Å². The minimum Gasteiger partial charge on any atom is -0.383 e. The first-order valence-corrected chi connectivity index (χ1v) is 7.93. The van der Waals surface area contributed by atoms with Gasteiger partial charge in [0, 0.05) is 51.7 Å². The molecule has 0 aliphatic carbocycles. The third-order valence-corrected chi connectivity index (χ3v) is 3.88. The van der Waals surface area contributed by atoms with E-state index in [-0.39, 0.29) is 12.1 Å². The normalized spacial score (nSPS) is 18.0. The molecule has 0 aromatic carbocycles. The van der Waals surface area contributed by atoms with Crippen LogP contribution in [0.1, 0.15) is 13.3 Å². The molecular weight excluding hydrogens is 282 g/mol. The quantitative estimate of drug-likeness (QED) is 0.837. The number of carbonyl (C=O) groups excluding carboxylic acids is 1. The Bertz CT molecular complexity index is 437. The number of nitrogens with zero attached hydrogens (tertiary/aromatic N) is 4. The van der Waals surface area contributed by atoms with Crippen molar-refractivity contribution in [2.75, 3.05) is 46.4 Å². The maximum Gasteiger partial charge on any atom is 0.317 e. The van der Waals surface area contributed by atoms with Crippen LogP contribution in [0.15, 0.2) is 18.5 Å². The number of hydrogen-bond acceptors (Lipinski definition) is 4. The summed E-state index contributed by atoms with van der Waals surface area (Å²) in [5.74, 6) is 0. The number of hydrogen-bond donors (Lipinski definition) is 1. The highest BCUT2D eigenvalue weighted by atomic mass is 16.5. The number of nitrogens with one attached hydrogen (secondary N) is 1. The minimum atomic E-state index is 0.0215. The first-order chi connectivity index (χ1) is 10.7. The maximum atomic E-state index is 12.4. The first-order valence-electron chi connectivity index (χ1n) is 7.93. The highest BCUT2D eigenvalue weighted by molar-refractivity contribution is 5.74. The fourth-order valence-electron chi connectivity index (χ4n) is 2.65. The SMILES string of the molecule is COCCN1CCCN(C(=O)N[C@@H](C)Cn2cccn2)CC1. The standard InChI is InChI=1S/C15H27N5O2/c1-14(13-20-8-3-5-16-20)17-15(21)19-7-4-6-18(9-10-19)11-12-22-2/h3,5,8,14H,4,6-7,9-13H2,1-2H3,(H,17,21)/t14-/m0/s1. The average Bonchev–Trinajstić information content (AvgIpc) is 2.87. The molecular formula is C15H27N5O2. The van der Waals surface area contributed by atoms with E-state index < -0.39 is 0 Å². The van der Waals surface area contributed by atoms with Crippen LogP contribution < -0.4 is 5.32 Å². The van der Waals surface area contributed by atoms with Gasteiger partial charge in [0.2, 0.25) is 0 Å².